The Labute approximate surface area is 62.8 Å². The number of aromatic nitrogens is 2. The minimum atomic E-state index is -0.188. The summed E-state index contributed by atoms with van der Waals surface area (Å²) in [4.78, 5) is 7.64. The van der Waals surface area contributed by atoms with E-state index in [0.29, 0.717) is 11.0 Å². The highest BCUT2D eigenvalue weighted by atomic mass is 14.8. The molecule has 1 aromatic carbocycles. The second kappa shape index (κ2) is 2.06. The lowest BCUT2D eigenvalue weighted by Crippen LogP contribution is -1.78. The lowest BCUT2D eigenvalue weighted by atomic mass is 10.3. The molecule has 2 heteroatoms. The van der Waals surface area contributed by atoms with Crippen molar-refractivity contribution < 1.29 is 4.11 Å². The molecule has 48 valence electrons. The zero-order valence-corrected chi connectivity index (χ0v) is 5.13. The largest absolute Gasteiger partial charge is 0.253 e. The van der Waals surface area contributed by atoms with Crippen molar-refractivity contribution in [3.05, 3.63) is 36.6 Å². The van der Waals surface area contributed by atoms with Crippen molar-refractivity contribution in [1.29, 1.82) is 0 Å². The van der Waals surface area contributed by atoms with E-state index in [-0.39, 0.29) is 18.4 Å². The van der Waals surface area contributed by atoms with Gasteiger partial charge in [0.1, 0.15) is 0 Å². The van der Waals surface area contributed by atoms with Crippen LogP contribution in [-0.2, 0) is 0 Å². The van der Waals surface area contributed by atoms with Gasteiger partial charge in [0.15, 0.2) is 0 Å². The van der Waals surface area contributed by atoms with Gasteiger partial charge in [-0.1, -0.05) is 12.1 Å². The first-order valence-corrected chi connectivity index (χ1v) is 2.89. The number of hydrogen-bond acceptors (Lipinski definition) is 2. The maximum absolute atomic E-state index is 7.48. The second-order valence-electron chi connectivity index (χ2n) is 1.85. The molecule has 0 aliphatic heterocycles. The van der Waals surface area contributed by atoms with Crippen LogP contribution >= 0.6 is 0 Å². The summed E-state index contributed by atoms with van der Waals surface area (Å²) in [5, 5.41) is 0. The summed E-state index contributed by atoms with van der Waals surface area (Å²) < 4.78 is 22.0. The number of nitrogens with zero attached hydrogens (tertiary/aromatic N) is 2. The number of rotatable bonds is 0. The lowest BCUT2D eigenvalue weighted by molar-refractivity contribution is 1.29. The van der Waals surface area contributed by atoms with Crippen LogP contribution < -0.4 is 0 Å². The van der Waals surface area contributed by atoms with Crippen molar-refractivity contribution in [2.45, 2.75) is 0 Å². The average molecular weight is 133 g/mol. The highest BCUT2D eigenvalue weighted by Crippen LogP contribution is 2.04. The van der Waals surface area contributed by atoms with Gasteiger partial charge in [-0.3, -0.25) is 9.97 Å². The maximum atomic E-state index is 7.48. The van der Waals surface area contributed by atoms with E-state index in [1.807, 2.05) is 0 Å². The first-order chi connectivity index (χ1) is 6.18. The number of benzene rings is 1. The minimum Gasteiger partial charge on any atom is -0.253 e. The summed E-state index contributed by atoms with van der Waals surface area (Å²) in [5.74, 6) is 0. The van der Waals surface area contributed by atoms with Crippen LogP contribution in [0.1, 0.15) is 4.11 Å². The van der Waals surface area contributed by atoms with Crippen LogP contribution in [0.5, 0.6) is 0 Å². The molecule has 1 aromatic heterocycles. The quantitative estimate of drug-likeness (QED) is 0.545. The number of para-hydroxylation sites is 2. The van der Waals surface area contributed by atoms with E-state index in [0.717, 1.165) is 0 Å². The zero-order valence-electron chi connectivity index (χ0n) is 8.13. The summed E-state index contributed by atoms with van der Waals surface area (Å²) >= 11 is 0. The van der Waals surface area contributed by atoms with Crippen LogP contribution in [0, 0.1) is 0 Å². The van der Waals surface area contributed by atoms with Gasteiger partial charge in [0.05, 0.1) is 15.1 Å². The fourth-order valence-electron chi connectivity index (χ4n) is 0.765. The van der Waals surface area contributed by atoms with Crippen LogP contribution in [0.2, 0.25) is 0 Å². The molecule has 0 saturated heterocycles. The second-order valence-corrected chi connectivity index (χ2v) is 1.85. The van der Waals surface area contributed by atoms with Gasteiger partial charge < -0.3 is 0 Å². The number of hydrogen-bond donors (Lipinski definition) is 0. The van der Waals surface area contributed by atoms with Crippen LogP contribution in [0.3, 0.4) is 0 Å². The highest BCUT2D eigenvalue weighted by molar-refractivity contribution is 5.72. The van der Waals surface area contributed by atoms with Crippen molar-refractivity contribution in [1.82, 2.24) is 9.97 Å². The van der Waals surface area contributed by atoms with Gasteiger partial charge in [0, 0.05) is 12.3 Å². The molecule has 0 spiro atoms. The molecular formula is C8H6N2. The molecule has 2 rings (SSSR count). The normalized spacial score (nSPS) is 14.2. The predicted molar refractivity (Wildman–Crippen MR) is 39.5 cm³/mol. The van der Waals surface area contributed by atoms with Crippen molar-refractivity contribution in [2.24, 2.45) is 0 Å². The van der Waals surface area contributed by atoms with E-state index < -0.39 is 0 Å². The van der Waals surface area contributed by atoms with Gasteiger partial charge in [-0.05, 0) is 12.1 Å². The van der Waals surface area contributed by atoms with Gasteiger partial charge in [0.2, 0.25) is 0 Å². The van der Waals surface area contributed by atoms with Gasteiger partial charge in [-0.2, -0.15) is 0 Å². The Morgan fingerprint density at radius 2 is 1.90 bits per heavy atom. The summed E-state index contributed by atoms with van der Waals surface area (Å²) in [5.41, 5.74) is 0.872. The Balaban J connectivity index is 2.89. The Hall–Kier alpha value is -1.44. The SMILES string of the molecule is [2H]c1nc2cccc([2H])c2nc1[2H]. The molecule has 10 heavy (non-hydrogen) atoms. The van der Waals surface area contributed by atoms with E-state index >= 15 is 0 Å². The first-order valence-electron chi connectivity index (χ1n) is 4.39. The lowest BCUT2D eigenvalue weighted by Gasteiger charge is -1.90. The minimum absolute atomic E-state index is 0.155. The standard InChI is InChI=1S/C8H6N2/c1-2-4-8-7(3-1)9-5-6-10-8/h1-6H/i3D,5D,6D. The molecule has 2 nitrogen and oxygen atoms in total. The third-order valence-electron chi connectivity index (χ3n) is 1.21. The maximum Gasteiger partial charge on any atom is 0.0886 e. The van der Waals surface area contributed by atoms with Crippen LogP contribution in [-0.4, -0.2) is 9.97 Å². The Bertz CT molecular complexity index is 470. The summed E-state index contributed by atoms with van der Waals surface area (Å²) in [7, 11) is 0. The molecule has 0 N–H and O–H groups in total. The third-order valence-corrected chi connectivity index (χ3v) is 1.21. The van der Waals surface area contributed by atoms with E-state index in [2.05, 4.69) is 9.97 Å². The average Bonchev–Trinajstić information content (AvgIpc) is 2.09. The molecule has 0 atom stereocenters. The van der Waals surface area contributed by atoms with Crippen LogP contribution in [0.15, 0.2) is 36.6 Å². The van der Waals surface area contributed by atoms with E-state index in [1.54, 1.807) is 18.2 Å². The van der Waals surface area contributed by atoms with Gasteiger partial charge in [-0.25, -0.2) is 0 Å². The summed E-state index contributed by atoms with van der Waals surface area (Å²) in [6.45, 7) is 0. The number of fused-ring (bicyclic) bond motifs is 1. The van der Waals surface area contributed by atoms with E-state index in [9.17, 15) is 0 Å². The molecule has 0 aliphatic carbocycles. The third kappa shape index (κ3) is 0.739. The molecule has 0 amide bonds. The molecule has 1 heterocycles. The van der Waals surface area contributed by atoms with E-state index in [4.69, 9.17) is 4.11 Å². The molecule has 0 radical (unpaired) electrons. The topological polar surface area (TPSA) is 25.8 Å². The van der Waals surface area contributed by atoms with Gasteiger partial charge >= 0.3 is 0 Å². The molecule has 0 saturated carbocycles. The summed E-state index contributed by atoms with van der Waals surface area (Å²) in [6.07, 6.45) is -0.342. The van der Waals surface area contributed by atoms with Crippen molar-refractivity contribution in [3.8, 4) is 0 Å². The van der Waals surface area contributed by atoms with E-state index in [1.165, 1.54) is 0 Å². The van der Waals surface area contributed by atoms with Crippen molar-refractivity contribution in [2.75, 3.05) is 0 Å². The molecule has 0 bridgehead atoms. The molecule has 0 fully saturated rings. The smallest absolute Gasteiger partial charge is 0.0886 e. The molecule has 0 aliphatic rings. The van der Waals surface area contributed by atoms with Crippen LogP contribution in [0.4, 0.5) is 0 Å². The molecule has 0 unspecified atom stereocenters. The monoisotopic (exact) mass is 133 g/mol. The van der Waals surface area contributed by atoms with Crippen molar-refractivity contribution in [3.63, 3.8) is 0 Å². The van der Waals surface area contributed by atoms with Gasteiger partial charge in [-0.15, -0.1) is 0 Å². The highest BCUT2D eigenvalue weighted by Gasteiger charge is 1.88. The Morgan fingerprint density at radius 1 is 1.10 bits per heavy atom. The van der Waals surface area contributed by atoms with Crippen LogP contribution in [0.25, 0.3) is 11.0 Å². The summed E-state index contributed by atoms with van der Waals surface area (Å²) in [6, 6.07) is 5.18. The Morgan fingerprint density at radius 3 is 2.80 bits per heavy atom. The Kier molecular flexibility index (Phi) is 0.640. The fourth-order valence-corrected chi connectivity index (χ4v) is 0.765. The zero-order chi connectivity index (χ0) is 9.42. The predicted octanol–water partition coefficient (Wildman–Crippen LogP) is 1.63. The fraction of sp³-hybridized carbons (Fsp3) is 0. The first kappa shape index (κ1) is 3.10. The van der Waals surface area contributed by atoms with Gasteiger partial charge in [0.25, 0.3) is 0 Å². The van der Waals surface area contributed by atoms with Crippen molar-refractivity contribution >= 4 is 11.0 Å². The molecular weight excluding hydrogens is 124 g/mol. The molecule has 2 aromatic rings.